The number of rotatable bonds is 13. The average Bonchev–Trinajstić information content (AvgIpc) is 3.25. The molecule has 0 bridgehead atoms. The van der Waals surface area contributed by atoms with E-state index in [1.54, 1.807) is 10.7 Å². The van der Waals surface area contributed by atoms with Crippen molar-refractivity contribution in [1.82, 2.24) is 4.57 Å². The number of aromatic carboxylic acids is 1. The Hall–Kier alpha value is -2.21. The number of hydrogen-bond donors (Lipinski definition) is 1. The van der Waals surface area contributed by atoms with E-state index < -0.39 is 24.3 Å². The van der Waals surface area contributed by atoms with Crippen molar-refractivity contribution >= 4 is 41.3 Å². The molecule has 0 radical (unpaired) electrons. The Bertz CT molecular complexity index is 1540. The molecule has 2 aliphatic rings. The molecule has 1 aliphatic heterocycles. The molecule has 1 fully saturated rings. The molecule has 1 N–H and O–H groups in total. The third-order valence-electron chi connectivity index (χ3n) is 11.2. The van der Waals surface area contributed by atoms with Crippen molar-refractivity contribution in [3.8, 4) is 17.0 Å². The van der Waals surface area contributed by atoms with Crippen molar-refractivity contribution in [2.75, 3.05) is 7.11 Å². The number of allylic oxidation sites excluding steroid dienone is 1. The zero-order chi connectivity index (χ0) is 33.1. The van der Waals surface area contributed by atoms with Gasteiger partial charge in [-0.3, -0.25) is 0 Å². The molecule has 4 nitrogen and oxygen atoms in total. The third-order valence-corrected chi connectivity index (χ3v) is 27.1. The van der Waals surface area contributed by atoms with Gasteiger partial charge in [0, 0.05) is 0 Å². The second-order valence-electron chi connectivity index (χ2n) is 15.4. The van der Waals surface area contributed by atoms with Gasteiger partial charge in [0.25, 0.3) is 0 Å². The molecule has 0 atom stereocenters. The van der Waals surface area contributed by atoms with Crippen molar-refractivity contribution in [2.24, 2.45) is 0 Å². The Balaban J connectivity index is 1.93. The fraction of sp³-hybridized carbons (Fsp3) is 0.585. The molecular weight excluding hydrogens is 673 g/mol. The van der Waals surface area contributed by atoms with Gasteiger partial charge in [0.2, 0.25) is 0 Å². The second kappa shape index (κ2) is 14.9. The number of nitrogens with zero attached hydrogens (tertiary/aromatic N) is 1. The van der Waals surface area contributed by atoms with Gasteiger partial charge >= 0.3 is 284 Å². The molecule has 5 rings (SSSR count). The number of carboxylic acid groups (broad SMARTS) is 1. The quantitative estimate of drug-likeness (QED) is 0.178. The van der Waals surface area contributed by atoms with Crippen LogP contribution in [0.25, 0.3) is 28.2 Å². The normalized spacial score (nSPS) is 15.8. The number of carboxylic acids is 1. The summed E-state index contributed by atoms with van der Waals surface area (Å²) in [5.41, 5.74) is 8.25. The number of methoxy groups -OCH3 is 1. The predicted octanol–water partition coefficient (Wildman–Crippen LogP) is 12.1. The topological polar surface area (TPSA) is 51.5 Å². The van der Waals surface area contributed by atoms with Crippen molar-refractivity contribution in [3.05, 3.63) is 56.2 Å². The van der Waals surface area contributed by atoms with Crippen LogP contribution in [0, 0.1) is 0 Å². The Kier molecular flexibility index (Phi) is 11.4. The number of ether oxygens (including phenoxy) is 1. The van der Waals surface area contributed by atoms with E-state index in [1.165, 1.54) is 117 Å². The third kappa shape index (κ3) is 6.98. The van der Waals surface area contributed by atoms with Crippen LogP contribution in [0.1, 0.15) is 145 Å². The monoisotopic (exact) mass is 733 g/mol. The van der Waals surface area contributed by atoms with Gasteiger partial charge in [-0.1, -0.05) is 0 Å². The first-order chi connectivity index (χ1) is 22.1. The maximum absolute atomic E-state index is 12.4. The molecule has 1 aliphatic carbocycles. The van der Waals surface area contributed by atoms with Crippen LogP contribution in [0.4, 0.5) is 0 Å². The van der Waals surface area contributed by atoms with Crippen LogP contribution in [-0.2, 0) is 12.0 Å². The standard InChI is InChI=1S/C29H32NO3.3C4H9.Sn/c1-29(2,3)23-17-21(33-4)15-19-11-8-14-30-24-16-20(28(31)32)12-13-22(24)25(27(30)26(19)23)18-9-6-5-7-10-18;3*1-3-4-2;/h11-13,15-18H,5-7,9-10,14H2,1-4H3,(H,31,32);3*1,3-4H2,2H3;. The molecule has 1 aromatic heterocycles. The number of unbranched alkanes of at least 4 members (excludes halogenated alkanes) is 3. The Morgan fingerprint density at radius 3 is 2.11 bits per heavy atom. The minimum absolute atomic E-state index is 0.0959. The Morgan fingerprint density at radius 2 is 1.57 bits per heavy atom. The first kappa shape index (κ1) is 35.1. The van der Waals surface area contributed by atoms with Gasteiger partial charge < -0.3 is 0 Å². The van der Waals surface area contributed by atoms with Crippen LogP contribution in [0.2, 0.25) is 13.3 Å². The number of aromatic nitrogens is 1. The maximum atomic E-state index is 12.4. The predicted molar refractivity (Wildman–Crippen MR) is 198 cm³/mol. The van der Waals surface area contributed by atoms with Crippen LogP contribution >= 0.6 is 0 Å². The van der Waals surface area contributed by atoms with Crippen molar-refractivity contribution in [2.45, 2.75) is 143 Å². The molecule has 0 spiro atoms. The van der Waals surface area contributed by atoms with Gasteiger partial charge in [0.1, 0.15) is 0 Å². The summed E-state index contributed by atoms with van der Waals surface area (Å²) in [7, 11) is 1.81. The molecule has 0 amide bonds. The average molecular weight is 733 g/mol. The van der Waals surface area contributed by atoms with Gasteiger partial charge in [-0.05, 0) is 0 Å². The van der Waals surface area contributed by atoms with E-state index >= 15 is 0 Å². The van der Waals surface area contributed by atoms with Crippen LogP contribution in [0.15, 0.2) is 33.9 Å². The minimum atomic E-state index is -2.91. The molecule has 0 unspecified atom stereocenters. The summed E-state index contributed by atoms with van der Waals surface area (Å²) in [6.45, 7) is 15.0. The fourth-order valence-corrected chi connectivity index (χ4v) is 25.0. The first-order valence-corrected chi connectivity index (χ1v) is 25.9. The van der Waals surface area contributed by atoms with Gasteiger partial charge in [0.15, 0.2) is 0 Å². The molecule has 0 saturated heterocycles. The Labute approximate surface area is 282 Å². The van der Waals surface area contributed by atoms with Crippen molar-refractivity contribution in [3.63, 3.8) is 0 Å². The van der Waals surface area contributed by atoms with Gasteiger partial charge in [-0.25, -0.2) is 0 Å². The van der Waals surface area contributed by atoms with E-state index in [0.29, 0.717) is 11.5 Å². The SMILES string of the molecule is CCC[CH2][Sn]([CH2]CCC)([CH2]CCC)[C]1=Cc2cc(OC)cc(C(C)(C)C)c2-c2c(C3CCCCC3)c3ccc(C(=O)O)cc3n2C1. The van der Waals surface area contributed by atoms with E-state index in [-0.39, 0.29) is 5.41 Å². The van der Waals surface area contributed by atoms with E-state index in [4.69, 9.17) is 4.74 Å². The zero-order valence-electron chi connectivity index (χ0n) is 29.9. The summed E-state index contributed by atoms with van der Waals surface area (Å²) < 4.78 is 14.6. The summed E-state index contributed by atoms with van der Waals surface area (Å²) in [6, 6.07) is 10.6. The molecule has 2 heterocycles. The number of benzene rings is 2. The molecule has 2 aromatic carbocycles. The summed E-state index contributed by atoms with van der Waals surface area (Å²) in [5, 5.41) is 11.4. The number of hydrogen-bond acceptors (Lipinski definition) is 2. The fourth-order valence-electron chi connectivity index (χ4n) is 8.60. The summed E-state index contributed by atoms with van der Waals surface area (Å²) in [6.07, 6.45) is 16.6. The van der Waals surface area contributed by atoms with E-state index in [9.17, 15) is 9.90 Å². The van der Waals surface area contributed by atoms with E-state index in [1.807, 2.05) is 12.1 Å². The first-order valence-electron chi connectivity index (χ1n) is 18.4. The molecule has 250 valence electrons. The van der Waals surface area contributed by atoms with Crippen LogP contribution in [0.5, 0.6) is 5.75 Å². The zero-order valence-corrected chi connectivity index (χ0v) is 32.7. The number of carbonyl (C=O) groups is 1. The van der Waals surface area contributed by atoms with Crippen LogP contribution in [0.3, 0.4) is 0 Å². The summed E-state index contributed by atoms with van der Waals surface area (Å²) >= 11 is -2.91. The van der Waals surface area contributed by atoms with E-state index in [0.717, 1.165) is 17.8 Å². The van der Waals surface area contributed by atoms with Crippen molar-refractivity contribution < 1.29 is 14.6 Å². The summed E-state index contributed by atoms with van der Waals surface area (Å²) in [5.74, 6) is 0.581. The Morgan fingerprint density at radius 1 is 0.935 bits per heavy atom. The molecule has 3 aromatic rings. The molecule has 5 heteroatoms. The van der Waals surface area contributed by atoms with Crippen molar-refractivity contribution in [1.29, 1.82) is 0 Å². The second-order valence-corrected chi connectivity index (χ2v) is 28.8. The molecule has 1 saturated carbocycles. The van der Waals surface area contributed by atoms with Gasteiger partial charge in [-0.15, -0.1) is 0 Å². The number of fused-ring (bicyclic) bond motifs is 5. The van der Waals surface area contributed by atoms with Gasteiger partial charge in [0.05, 0.1) is 0 Å². The molecular formula is C41H59NO3Sn. The van der Waals surface area contributed by atoms with E-state index in [2.05, 4.69) is 70.4 Å². The molecule has 46 heavy (non-hydrogen) atoms. The summed E-state index contributed by atoms with van der Waals surface area (Å²) in [4.78, 5) is 12.4. The van der Waals surface area contributed by atoms with Gasteiger partial charge in [-0.2, -0.15) is 0 Å². The van der Waals surface area contributed by atoms with Crippen LogP contribution in [-0.4, -0.2) is 41.1 Å². The van der Waals surface area contributed by atoms with Crippen LogP contribution < -0.4 is 4.74 Å².